The number of ketones is 1. The molecular weight excluding hydrogens is 594 g/mol. The van der Waals surface area contributed by atoms with Crippen LogP contribution >= 0.6 is 0 Å². The van der Waals surface area contributed by atoms with E-state index in [9.17, 15) is 24.5 Å². The summed E-state index contributed by atoms with van der Waals surface area (Å²) >= 11 is 0. The molecule has 47 heavy (non-hydrogen) atoms. The van der Waals surface area contributed by atoms with Gasteiger partial charge in [0.05, 0.1) is 4.92 Å². The minimum Gasteiger partial charge on any atom is -0.489 e. The Bertz CT molecular complexity index is 1920. The van der Waals surface area contributed by atoms with Gasteiger partial charge >= 0.3 is 0 Å². The largest absolute Gasteiger partial charge is 0.489 e. The number of carbonyl (C=O) groups excluding carboxylic acids is 3. The van der Waals surface area contributed by atoms with Gasteiger partial charge < -0.3 is 15.4 Å². The predicted molar refractivity (Wildman–Crippen MR) is 181 cm³/mol. The molecule has 5 aromatic rings. The average Bonchev–Trinajstić information content (AvgIpc) is 3.11. The smallest absolute Gasteiger partial charge is 0.272 e. The van der Waals surface area contributed by atoms with Gasteiger partial charge in [-0.05, 0) is 89.5 Å². The summed E-state index contributed by atoms with van der Waals surface area (Å²) in [6.07, 6.45) is 4.50. The molecule has 0 bridgehead atoms. The molecule has 0 fully saturated rings. The van der Waals surface area contributed by atoms with Gasteiger partial charge in [0.2, 0.25) is 0 Å². The summed E-state index contributed by atoms with van der Waals surface area (Å²) < 4.78 is 5.86. The first-order valence-electron chi connectivity index (χ1n) is 14.6. The highest BCUT2D eigenvalue weighted by Crippen LogP contribution is 2.18. The number of amides is 2. The van der Waals surface area contributed by atoms with Crippen LogP contribution in [0.1, 0.15) is 37.4 Å². The summed E-state index contributed by atoms with van der Waals surface area (Å²) in [6.45, 7) is 0.414. The van der Waals surface area contributed by atoms with Crippen molar-refractivity contribution in [3.05, 3.63) is 183 Å². The third kappa shape index (κ3) is 9.19. The number of rotatable bonds is 12. The zero-order chi connectivity index (χ0) is 33.0. The first-order valence-corrected chi connectivity index (χ1v) is 14.6. The van der Waals surface area contributed by atoms with Crippen molar-refractivity contribution in [1.29, 1.82) is 0 Å². The minimum absolute atomic E-state index is 0.0167. The number of ether oxygens (including phenoxy) is 1. The van der Waals surface area contributed by atoms with Crippen molar-refractivity contribution < 1.29 is 24.0 Å². The zero-order valence-electron chi connectivity index (χ0n) is 25.0. The van der Waals surface area contributed by atoms with Crippen LogP contribution in [0.5, 0.6) is 5.75 Å². The lowest BCUT2D eigenvalue weighted by molar-refractivity contribution is -0.384. The quantitative estimate of drug-likeness (QED) is 0.0642. The number of anilines is 1. The number of nitrogens with zero attached hydrogens (tertiary/aromatic N) is 1. The maximum atomic E-state index is 13.4. The van der Waals surface area contributed by atoms with Crippen LogP contribution < -0.4 is 15.4 Å². The van der Waals surface area contributed by atoms with Crippen LogP contribution in [0.25, 0.3) is 12.2 Å². The third-order valence-corrected chi connectivity index (χ3v) is 6.93. The van der Waals surface area contributed by atoms with Crippen molar-refractivity contribution in [3.8, 4) is 5.75 Å². The number of non-ortho nitro benzene ring substituents is 1. The van der Waals surface area contributed by atoms with Crippen LogP contribution in [0.2, 0.25) is 0 Å². The maximum Gasteiger partial charge on any atom is 0.272 e. The van der Waals surface area contributed by atoms with Gasteiger partial charge in [0.1, 0.15) is 18.1 Å². The third-order valence-electron chi connectivity index (χ3n) is 6.93. The highest BCUT2D eigenvalue weighted by molar-refractivity contribution is 6.11. The summed E-state index contributed by atoms with van der Waals surface area (Å²) in [7, 11) is 0. The molecule has 5 aromatic carbocycles. The van der Waals surface area contributed by atoms with E-state index in [2.05, 4.69) is 10.6 Å². The van der Waals surface area contributed by atoms with Crippen LogP contribution in [0.4, 0.5) is 11.4 Å². The second-order valence-electron chi connectivity index (χ2n) is 10.3. The van der Waals surface area contributed by atoms with Gasteiger partial charge in [-0.1, -0.05) is 66.7 Å². The van der Waals surface area contributed by atoms with Crippen molar-refractivity contribution in [1.82, 2.24) is 5.32 Å². The standard InChI is InChI=1S/C38H29N3O6/c42-36(24-15-27-11-20-33(21-12-27)41(45)46)30-16-18-32(19-17-30)39-38(44)35(40-37(43)31-9-5-2-6-10-31)25-28-13-22-34(23-14-28)47-26-29-7-3-1-4-8-29/h1-25H,26H2,(H,39,44)(H,40,43)/b24-15+,35-25-. The van der Waals surface area contributed by atoms with E-state index in [-0.39, 0.29) is 17.2 Å². The van der Waals surface area contributed by atoms with Crippen LogP contribution in [-0.2, 0) is 11.4 Å². The average molecular weight is 624 g/mol. The molecule has 2 N–H and O–H groups in total. The fourth-order valence-corrected chi connectivity index (χ4v) is 4.40. The second-order valence-corrected chi connectivity index (χ2v) is 10.3. The Kier molecular flexibility index (Phi) is 10.4. The van der Waals surface area contributed by atoms with Gasteiger partial charge in [-0.2, -0.15) is 0 Å². The number of hydrogen-bond acceptors (Lipinski definition) is 6. The Hall–Kier alpha value is -6.61. The summed E-state index contributed by atoms with van der Waals surface area (Å²) in [5.41, 5.74) is 3.50. The molecule has 0 spiro atoms. The van der Waals surface area contributed by atoms with Crippen LogP contribution in [-0.4, -0.2) is 22.5 Å². The lowest BCUT2D eigenvalue weighted by atomic mass is 10.1. The molecule has 0 aliphatic heterocycles. The van der Waals surface area contributed by atoms with E-state index in [1.165, 1.54) is 18.2 Å². The van der Waals surface area contributed by atoms with Crippen molar-refractivity contribution in [2.75, 3.05) is 5.32 Å². The van der Waals surface area contributed by atoms with Gasteiger partial charge in [0, 0.05) is 28.9 Å². The summed E-state index contributed by atoms with van der Waals surface area (Å²) in [5.74, 6) is -0.637. The lowest BCUT2D eigenvalue weighted by Crippen LogP contribution is -2.30. The normalized spacial score (nSPS) is 11.1. The van der Waals surface area contributed by atoms with Crippen molar-refractivity contribution in [3.63, 3.8) is 0 Å². The number of benzene rings is 5. The van der Waals surface area contributed by atoms with Crippen molar-refractivity contribution in [2.45, 2.75) is 6.61 Å². The topological polar surface area (TPSA) is 128 Å². The molecule has 0 atom stereocenters. The van der Waals surface area contributed by atoms with Gasteiger partial charge in [0.15, 0.2) is 5.78 Å². The molecule has 0 aliphatic carbocycles. The summed E-state index contributed by atoms with van der Waals surface area (Å²) in [6, 6.07) is 37.6. The molecule has 0 aliphatic rings. The maximum absolute atomic E-state index is 13.4. The number of nitrogens with one attached hydrogen (secondary N) is 2. The SMILES string of the molecule is O=C(Nc1ccc(C(=O)/C=C/c2ccc([N+](=O)[O-])cc2)cc1)/C(=C/c1ccc(OCc2ccccc2)cc1)NC(=O)c1ccccc1. The predicted octanol–water partition coefficient (Wildman–Crippen LogP) is 7.48. The monoisotopic (exact) mass is 623 g/mol. The Morgan fingerprint density at radius 2 is 1.32 bits per heavy atom. The fourth-order valence-electron chi connectivity index (χ4n) is 4.40. The first-order chi connectivity index (χ1) is 22.8. The number of nitro benzene ring substituents is 1. The Morgan fingerprint density at radius 1 is 0.702 bits per heavy atom. The minimum atomic E-state index is -0.559. The van der Waals surface area contributed by atoms with E-state index in [1.54, 1.807) is 103 Å². The molecule has 5 rings (SSSR count). The number of allylic oxidation sites excluding steroid dienone is 1. The van der Waals surface area contributed by atoms with E-state index in [0.717, 1.165) is 5.56 Å². The molecule has 0 saturated carbocycles. The molecule has 0 aromatic heterocycles. The van der Waals surface area contributed by atoms with Crippen molar-refractivity contribution >= 4 is 41.1 Å². The van der Waals surface area contributed by atoms with E-state index in [4.69, 9.17) is 4.74 Å². The van der Waals surface area contributed by atoms with Crippen LogP contribution in [0.15, 0.2) is 145 Å². The Morgan fingerprint density at radius 3 is 1.96 bits per heavy atom. The second kappa shape index (κ2) is 15.4. The Balaban J connectivity index is 1.27. The Labute approximate surface area is 271 Å². The highest BCUT2D eigenvalue weighted by Gasteiger charge is 2.15. The van der Waals surface area contributed by atoms with E-state index in [0.29, 0.717) is 40.3 Å². The van der Waals surface area contributed by atoms with Gasteiger partial charge in [-0.3, -0.25) is 24.5 Å². The van der Waals surface area contributed by atoms with Gasteiger partial charge in [-0.25, -0.2) is 0 Å². The first kappa shape index (κ1) is 31.8. The molecule has 0 heterocycles. The number of nitro groups is 1. The van der Waals surface area contributed by atoms with Crippen LogP contribution in [0, 0.1) is 10.1 Å². The number of carbonyl (C=O) groups is 3. The van der Waals surface area contributed by atoms with E-state index >= 15 is 0 Å². The fraction of sp³-hybridized carbons (Fsp3) is 0.0263. The van der Waals surface area contributed by atoms with Gasteiger partial charge in [0.25, 0.3) is 17.5 Å². The van der Waals surface area contributed by atoms with E-state index < -0.39 is 16.7 Å². The molecule has 9 heteroatoms. The number of hydrogen-bond donors (Lipinski definition) is 2. The molecule has 232 valence electrons. The molecular formula is C38H29N3O6. The molecule has 9 nitrogen and oxygen atoms in total. The summed E-state index contributed by atoms with van der Waals surface area (Å²) in [4.78, 5) is 49.4. The van der Waals surface area contributed by atoms with Crippen LogP contribution in [0.3, 0.4) is 0 Å². The van der Waals surface area contributed by atoms with E-state index in [1.807, 2.05) is 30.3 Å². The summed E-state index contributed by atoms with van der Waals surface area (Å²) in [5, 5.41) is 16.3. The molecule has 0 saturated heterocycles. The van der Waals surface area contributed by atoms with Crippen molar-refractivity contribution in [2.24, 2.45) is 0 Å². The lowest BCUT2D eigenvalue weighted by Gasteiger charge is -2.12. The molecule has 0 radical (unpaired) electrons. The molecule has 0 unspecified atom stereocenters. The van der Waals surface area contributed by atoms with Gasteiger partial charge in [-0.15, -0.1) is 0 Å². The highest BCUT2D eigenvalue weighted by atomic mass is 16.6. The molecule has 2 amide bonds. The zero-order valence-corrected chi connectivity index (χ0v) is 25.0.